The topological polar surface area (TPSA) is 94.9 Å². The lowest BCUT2D eigenvalue weighted by Gasteiger charge is -2.26. The molecule has 2 aromatic heterocycles. The van der Waals surface area contributed by atoms with Crippen molar-refractivity contribution in [3.8, 4) is 22.9 Å². The highest BCUT2D eigenvalue weighted by Crippen LogP contribution is 2.31. The lowest BCUT2D eigenvalue weighted by Crippen LogP contribution is -2.39. The molecule has 0 bridgehead atoms. The smallest absolute Gasteiger partial charge is 0.345 e. The molecule has 0 radical (unpaired) electrons. The predicted octanol–water partition coefficient (Wildman–Crippen LogP) is 3.44. The highest BCUT2D eigenvalue weighted by atomic mass is 19.1. The van der Waals surface area contributed by atoms with Gasteiger partial charge < -0.3 is 29.6 Å². The molecule has 1 aliphatic carbocycles. The molecule has 1 aliphatic heterocycles. The molecule has 6 rings (SSSR count). The van der Waals surface area contributed by atoms with E-state index in [0.717, 1.165) is 22.0 Å². The van der Waals surface area contributed by atoms with Crippen molar-refractivity contribution in [2.24, 2.45) is 12.0 Å². The van der Waals surface area contributed by atoms with Gasteiger partial charge >= 0.3 is 6.03 Å². The third kappa shape index (κ3) is 3.94. The van der Waals surface area contributed by atoms with Crippen LogP contribution in [0.1, 0.15) is 5.56 Å². The van der Waals surface area contributed by atoms with Gasteiger partial charge in [-0.3, -0.25) is 0 Å². The van der Waals surface area contributed by atoms with E-state index < -0.39 is 6.03 Å². The van der Waals surface area contributed by atoms with Crippen LogP contribution in [-0.2, 0) is 7.05 Å². The summed E-state index contributed by atoms with van der Waals surface area (Å²) in [5, 5.41) is 15.9. The number of hydrogen-bond donors (Lipinski definition) is 3. The molecular formula is C29H24FN5O3. The maximum Gasteiger partial charge on any atom is 0.345 e. The molecule has 3 N–H and O–H groups in total. The Labute approximate surface area is 217 Å². The minimum absolute atomic E-state index is 0.0169. The van der Waals surface area contributed by atoms with Crippen molar-refractivity contribution < 1.29 is 19.0 Å². The summed E-state index contributed by atoms with van der Waals surface area (Å²) >= 11 is 0. The molecule has 0 fully saturated rings. The number of rotatable bonds is 3. The molecule has 3 heterocycles. The average molecular weight is 510 g/mol. The number of amides is 2. The number of fused-ring (bicyclic) bond motifs is 2. The summed E-state index contributed by atoms with van der Waals surface area (Å²) in [5.41, 5.74) is 4.19. The summed E-state index contributed by atoms with van der Waals surface area (Å²) in [6.07, 6.45) is 7.63. The molecular weight excluding hydrogens is 485 g/mol. The van der Waals surface area contributed by atoms with Crippen LogP contribution >= 0.6 is 0 Å². The summed E-state index contributed by atoms with van der Waals surface area (Å²) < 4.78 is 20.7. The molecule has 0 atom stereocenters. The van der Waals surface area contributed by atoms with Crippen LogP contribution in [0, 0.1) is 5.82 Å². The summed E-state index contributed by atoms with van der Waals surface area (Å²) in [6.45, 7) is 0.528. The van der Waals surface area contributed by atoms with Crippen LogP contribution in [0.25, 0.3) is 29.1 Å². The van der Waals surface area contributed by atoms with Gasteiger partial charge in [0.25, 0.3) is 0 Å². The number of benzene rings is 2. The lowest BCUT2D eigenvalue weighted by atomic mass is 10.1. The molecule has 4 aromatic rings. The average Bonchev–Trinajstić information content (AvgIpc) is 3.12. The fourth-order valence-electron chi connectivity index (χ4n) is 4.96. The second kappa shape index (κ2) is 9.11. The standard InChI is InChI=1S/C29H24FN5O3/c1-34-14-12-22(33-29(37)31-18-4-3-5-20(16-18)38-2)21-10-11-24-25-23(32-28(36)26(25)27(21)34)13-15-35(24)19-8-6-17(30)7-9-19/h3-14,16,32,36H,15H2,1-2H3,(H,31,37). The van der Waals surface area contributed by atoms with Gasteiger partial charge in [-0.25, -0.2) is 9.18 Å². The van der Waals surface area contributed by atoms with Gasteiger partial charge in [-0.2, -0.15) is 4.99 Å². The molecule has 38 heavy (non-hydrogen) atoms. The van der Waals surface area contributed by atoms with Crippen LogP contribution in [0.2, 0.25) is 0 Å². The van der Waals surface area contributed by atoms with E-state index in [0.29, 0.717) is 40.2 Å². The van der Waals surface area contributed by atoms with Crippen molar-refractivity contribution in [1.29, 1.82) is 0 Å². The summed E-state index contributed by atoms with van der Waals surface area (Å²) in [4.78, 5) is 22.4. The molecule has 2 aliphatic rings. The van der Waals surface area contributed by atoms with Crippen LogP contribution in [0.3, 0.4) is 0 Å². The van der Waals surface area contributed by atoms with Crippen LogP contribution < -0.4 is 30.9 Å². The number of aromatic hydroxyl groups is 1. The van der Waals surface area contributed by atoms with Crippen LogP contribution in [0.5, 0.6) is 11.6 Å². The van der Waals surface area contributed by atoms with Crippen molar-refractivity contribution in [3.63, 3.8) is 0 Å². The lowest BCUT2D eigenvalue weighted by molar-refractivity contribution is 0.259. The number of methoxy groups -OCH3 is 1. The van der Waals surface area contributed by atoms with E-state index in [-0.39, 0.29) is 11.7 Å². The number of aromatic amines is 1. The molecule has 2 aromatic carbocycles. The van der Waals surface area contributed by atoms with E-state index in [9.17, 15) is 14.3 Å². The normalized spacial score (nSPS) is 13.9. The number of nitrogens with zero attached hydrogens (tertiary/aromatic N) is 3. The van der Waals surface area contributed by atoms with Crippen molar-refractivity contribution >= 4 is 35.3 Å². The third-order valence-electron chi connectivity index (χ3n) is 6.70. The largest absolute Gasteiger partial charge is 0.497 e. The Morgan fingerprint density at radius 1 is 1.16 bits per heavy atom. The first-order valence-electron chi connectivity index (χ1n) is 12.0. The predicted molar refractivity (Wildman–Crippen MR) is 144 cm³/mol. The zero-order chi connectivity index (χ0) is 26.4. The molecule has 190 valence electrons. The molecule has 0 spiro atoms. The van der Waals surface area contributed by atoms with Crippen LogP contribution in [0.4, 0.5) is 20.6 Å². The van der Waals surface area contributed by atoms with Crippen molar-refractivity contribution in [1.82, 2.24) is 9.55 Å². The van der Waals surface area contributed by atoms with Gasteiger partial charge in [0.2, 0.25) is 0 Å². The number of ether oxygens (including phenoxy) is 1. The first-order chi connectivity index (χ1) is 18.4. The Bertz CT molecular complexity index is 1820. The number of nitrogens with one attached hydrogen (secondary N) is 2. The Hall–Kier alpha value is -5.05. The van der Waals surface area contributed by atoms with E-state index in [4.69, 9.17) is 4.74 Å². The van der Waals surface area contributed by atoms with Crippen LogP contribution in [-0.4, -0.2) is 34.3 Å². The Morgan fingerprint density at radius 3 is 2.76 bits per heavy atom. The second-order valence-corrected chi connectivity index (χ2v) is 9.00. The van der Waals surface area contributed by atoms with E-state index in [1.54, 1.807) is 55.8 Å². The van der Waals surface area contributed by atoms with Crippen molar-refractivity contribution in [2.75, 3.05) is 23.9 Å². The number of pyridine rings is 1. The maximum absolute atomic E-state index is 13.6. The van der Waals surface area contributed by atoms with E-state index in [2.05, 4.69) is 15.3 Å². The van der Waals surface area contributed by atoms with Crippen LogP contribution in [0.15, 0.2) is 71.9 Å². The van der Waals surface area contributed by atoms with E-state index in [1.807, 2.05) is 34.7 Å². The van der Waals surface area contributed by atoms with Gasteiger partial charge in [0.1, 0.15) is 11.6 Å². The number of hydrogen-bond acceptors (Lipinski definition) is 4. The number of carbonyl (C=O) groups excluding carboxylic acids is 1. The number of anilines is 2. The maximum atomic E-state index is 13.6. The first kappa shape index (κ1) is 23.4. The summed E-state index contributed by atoms with van der Waals surface area (Å²) in [5.74, 6) is 0.326. The highest BCUT2D eigenvalue weighted by Gasteiger charge is 2.25. The highest BCUT2D eigenvalue weighted by molar-refractivity contribution is 5.92. The minimum atomic E-state index is -0.541. The SMILES string of the molecule is COc1cccc(NC(=O)N=c2ccn(C)c3c2C=CC2=c4c-3c(O)[nH]c4=CCN2c2ccc(F)cc2)c1. The first-order valence-corrected chi connectivity index (χ1v) is 12.0. The van der Waals surface area contributed by atoms with Gasteiger partial charge in [-0.15, -0.1) is 0 Å². The van der Waals surface area contributed by atoms with Gasteiger partial charge in [-0.1, -0.05) is 6.07 Å². The molecule has 9 heteroatoms. The van der Waals surface area contributed by atoms with Crippen molar-refractivity contribution in [3.05, 3.63) is 94.2 Å². The van der Waals surface area contributed by atoms with Gasteiger partial charge in [0.05, 0.1) is 29.4 Å². The number of H-pyrrole nitrogens is 1. The Balaban J connectivity index is 1.50. The fraction of sp³-hybridized carbons (Fsp3) is 0.103. The monoisotopic (exact) mass is 509 g/mol. The minimum Gasteiger partial charge on any atom is -0.497 e. The quantitative estimate of drug-likeness (QED) is 0.394. The molecule has 8 nitrogen and oxygen atoms in total. The fourth-order valence-corrected chi connectivity index (χ4v) is 4.96. The van der Waals surface area contributed by atoms with Gasteiger partial charge in [0.15, 0.2) is 5.88 Å². The molecule has 0 unspecified atom stereocenters. The Morgan fingerprint density at radius 2 is 1.97 bits per heavy atom. The van der Waals surface area contributed by atoms with E-state index >= 15 is 0 Å². The molecule has 0 saturated carbocycles. The summed E-state index contributed by atoms with van der Waals surface area (Å²) in [6, 6.07) is 14.5. The molecule has 2 amide bonds. The van der Waals surface area contributed by atoms with Gasteiger partial charge in [0, 0.05) is 53.4 Å². The number of aryl methyl sites for hydroxylation is 1. The molecule has 0 saturated heterocycles. The second-order valence-electron chi connectivity index (χ2n) is 9.00. The zero-order valence-electron chi connectivity index (χ0n) is 20.7. The zero-order valence-corrected chi connectivity index (χ0v) is 20.7. The third-order valence-corrected chi connectivity index (χ3v) is 6.70. The number of halogens is 1. The van der Waals surface area contributed by atoms with Crippen molar-refractivity contribution in [2.45, 2.75) is 0 Å². The van der Waals surface area contributed by atoms with Gasteiger partial charge in [-0.05, 0) is 60.7 Å². The summed E-state index contributed by atoms with van der Waals surface area (Å²) in [7, 11) is 3.44. The number of aromatic nitrogens is 2. The Kier molecular flexibility index (Phi) is 5.60. The number of carbonyl (C=O) groups is 1. The number of urea groups is 1. The van der Waals surface area contributed by atoms with E-state index in [1.165, 1.54) is 12.1 Å².